The minimum absolute atomic E-state index is 0.140. The number of hydrogen-bond acceptors (Lipinski definition) is 7. The lowest BCUT2D eigenvalue weighted by molar-refractivity contribution is 0.143. The molecule has 3 aromatic heterocycles. The molecule has 4 heterocycles. The molecule has 170 valence electrons. The second-order valence-electron chi connectivity index (χ2n) is 8.20. The van der Waals surface area contributed by atoms with Gasteiger partial charge in [-0.3, -0.25) is 9.88 Å². The monoisotopic (exact) mass is 465 g/mol. The number of aryl methyl sites for hydroxylation is 2. The van der Waals surface area contributed by atoms with E-state index < -0.39 is 0 Å². The summed E-state index contributed by atoms with van der Waals surface area (Å²) in [5.41, 5.74) is 1.77. The quantitative estimate of drug-likeness (QED) is 0.381. The second kappa shape index (κ2) is 9.72. The average Bonchev–Trinajstić information content (AvgIpc) is 3.47. The largest absolute Gasteiger partial charge is 0.339 e. The van der Waals surface area contributed by atoms with Gasteiger partial charge in [-0.15, -0.1) is 0 Å². The summed E-state index contributed by atoms with van der Waals surface area (Å²) < 4.78 is 23.3. The molecule has 0 saturated carbocycles. The highest BCUT2D eigenvalue weighted by Gasteiger charge is 2.26. The number of pyridine rings is 1. The molecule has 0 amide bonds. The van der Waals surface area contributed by atoms with E-state index in [9.17, 15) is 4.39 Å². The number of aromatic nitrogens is 6. The van der Waals surface area contributed by atoms with Crippen LogP contribution in [0.5, 0.6) is 0 Å². The summed E-state index contributed by atoms with van der Waals surface area (Å²) in [7, 11) is 0. The molecular weight excluding hydrogens is 441 g/mol. The Morgan fingerprint density at radius 2 is 2.03 bits per heavy atom. The summed E-state index contributed by atoms with van der Waals surface area (Å²) >= 11 is 5.65. The third-order valence-corrected chi connectivity index (χ3v) is 6.31. The molecule has 10 heteroatoms. The minimum atomic E-state index is -0.289. The van der Waals surface area contributed by atoms with Crippen molar-refractivity contribution in [3.8, 4) is 11.4 Å². The highest BCUT2D eigenvalue weighted by Crippen LogP contribution is 2.28. The molecule has 5 rings (SSSR count). The van der Waals surface area contributed by atoms with E-state index in [2.05, 4.69) is 25.1 Å². The van der Waals surface area contributed by atoms with Crippen LogP contribution in [0.3, 0.4) is 0 Å². The highest BCUT2D eigenvalue weighted by molar-refractivity contribution is 7.71. The summed E-state index contributed by atoms with van der Waals surface area (Å²) in [6.45, 7) is 3.10. The number of nitrogens with zero attached hydrogens (tertiary/aromatic N) is 7. The molecule has 1 saturated heterocycles. The van der Waals surface area contributed by atoms with Gasteiger partial charge in [-0.25, -0.2) is 9.07 Å². The van der Waals surface area contributed by atoms with Gasteiger partial charge in [0.2, 0.25) is 11.7 Å². The Morgan fingerprint density at radius 3 is 2.85 bits per heavy atom. The van der Waals surface area contributed by atoms with Crippen LogP contribution in [0.1, 0.15) is 30.3 Å². The SMILES string of the molecule is Fc1ccc(-c2noc(C3CCCN(Cn4ncn(CCc5ccccn5)c4=S)C3)n2)cc1. The number of piperidine rings is 1. The Morgan fingerprint density at radius 1 is 1.15 bits per heavy atom. The summed E-state index contributed by atoms with van der Waals surface area (Å²) in [6, 6.07) is 12.0. The molecule has 1 unspecified atom stereocenters. The van der Waals surface area contributed by atoms with Gasteiger partial charge in [-0.1, -0.05) is 11.2 Å². The fourth-order valence-corrected chi connectivity index (χ4v) is 4.34. The zero-order valence-corrected chi connectivity index (χ0v) is 18.9. The van der Waals surface area contributed by atoms with E-state index in [1.54, 1.807) is 24.7 Å². The van der Waals surface area contributed by atoms with Gasteiger partial charge in [0.15, 0.2) is 4.77 Å². The summed E-state index contributed by atoms with van der Waals surface area (Å²) in [5.74, 6) is 0.948. The maximum Gasteiger partial charge on any atom is 0.231 e. The van der Waals surface area contributed by atoms with Gasteiger partial charge in [-0.2, -0.15) is 10.1 Å². The maximum absolute atomic E-state index is 13.2. The molecule has 0 bridgehead atoms. The molecular formula is C23H24FN7OS. The number of halogens is 1. The van der Waals surface area contributed by atoms with Gasteiger partial charge in [0.1, 0.15) is 12.1 Å². The van der Waals surface area contributed by atoms with Gasteiger partial charge in [-0.05, 0) is 68.0 Å². The van der Waals surface area contributed by atoms with E-state index in [1.165, 1.54) is 12.1 Å². The zero-order chi connectivity index (χ0) is 22.6. The Labute approximate surface area is 195 Å². The van der Waals surface area contributed by atoms with Crippen LogP contribution in [0.25, 0.3) is 11.4 Å². The van der Waals surface area contributed by atoms with Crippen LogP contribution in [0.4, 0.5) is 4.39 Å². The smallest absolute Gasteiger partial charge is 0.231 e. The van der Waals surface area contributed by atoms with Gasteiger partial charge in [0.05, 0.1) is 12.6 Å². The predicted octanol–water partition coefficient (Wildman–Crippen LogP) is 4.08. The Kier molecular flexibility index (Phi) is 6.36. The molecule has 4 aromatic rings. The molecule has 1 aliphatic heterocycles. The Hall–Kier alpha value is -3.24. The maximum atomic E-state index is 13.2. The van der Waals surface area contributed by atoms with Crippen LogP contribution in [0, 0.1) is 10.6 Å². The van der Waals surface area contributed by atoms with Gasteiger partial charge < -0.3 is 9.09 Å². The van der Waals surface area contributed by atoms with Crippen molar-refractivity contribution in [2.45, 2.75) is 38.4 Å². The molecule has 1 aromatic carbocycles. The lowest BCUT2D eigenvalue weighted by atomic mass is 9.98. The minimum Gasteiger partial charge on any atom is -0.339 e. The van der Waals surface area contributed by atoms with E-state index >= 15 is 0 Å². The van der Waals surface area contributed by atoms with Crippen LogP contribution in [0.15, 0.2) is 59.5 Å². The molecule has 8 nitrogen and oxygen atoms in total. The van der Waals surface area contributed by atoms with Crippen LogP contribution in [0.2, 0.25) is 0 Å². The number of benzene rings is 1. The third-order valence-electron chi connectivity index (χ3n) is 5.86. The molecule has 0 N–H and O–H groups in total. The van der Waals surface area contributed by atoms with Crippen molar-refractivity contribution in [2.75, 3.05) is 13.1 Å². The number of hydrogen-bond donors (Lipinski definition) is 0. The highest BCUT2D eigenvalue weighted by atomic mass is 32.1. The van der Waals surface area contributed by atoms with Crippen LogP contribution >= 0.6 is 12.2 Å². The van der Waals surface area contributed by atoms with Crippen molar-refractivity contribution in [1.29, 1.82) is 0 Å². The van der Waals surface area contributed by atoms with Gasteiger partial charge in [0.25, 0.3) is 0 Å². The fourth-order valence-electron chi connectivity index (χ4n) is 4.10. The van der Waals surface area contributed by atoms with Gasteiger partial charge >= 0.3 is 0 Å². The second-order valence-corrected chi connectivity index (χ2v) is 8.56. The summed E-state index contributed by atoms with van der Waals surface area (Å²) in [5, 5.41) is 8.60. The first-order chi connectivity index (χ1) is 16.2. The van der Waals surface area contributed by atoms with E-state index in [1.807, 2.05) is 27.4 Å². The molecule has 0 spiro atoms. The molecule has 0 radical (unpaired) electrons. The van der Waals surface area contributed by atoms with Crippen molar-refractivity contribution in [2.24, 2.45) is 0 Å². The molecule has 33 heavy (non-hydrogen) atoms. The van der Waals surface area contributed by atoms with Crippen molar-refractivity contribution >= 4 is 12.2 Å². The van der Waals surface area contributed by atoms with E-state index in [-0.39, 0.29) is 11.7 Å². The Balaban J connectivity index is 1.22. The first-order valence-corrected chi connectivity index (χ1v) is 11.4. The summed E-state index contributed by atoms with van der Waals surface area (Å²) in [6.07, 6.45) is 6.40. The normalized spacial score (nSPS) is 16.8. The topological polar surface area (TPSA) is 77.8 Å². The molecule has 1 fully saturated rings. The zero-order valence-electron chi connectivity index (χ0n) is 18.0. The van der Waals surface area contributed by atoms with E-state index in [4.69, 9.17) is 16.7 Å². The van der Waals surface area contributed by atoms with E-state index in [0.717, 1.165) is 50.2 Å². The lowest BCUT2D eigenvalue weighted by Crippen LogP contribution is -2.36. The molecule has 1 aliphatic rings. The fraction of sp³-hybridized carbons (Fsp3) is 0.348. The summed E-state index contributed by atoms with van der Waals surface area (Å²) in [4.78, 5) is 11.2. The van der Waals surface area contributed by atoms with Crippen molar-refractivity contribution in [3.63, 3.8) is 0 Å². The van der Waals surface area contributed by atoms with Crippen molar-refractivity contribution < 1.29 is 8.91 Å². The number of rotatable bonds is 7. The first kappa shape index (κ1) is 21.6. The van der Waals surface area contributed by atoms with Crippen LogP contribution in [-0.4, -0.2) is 47.5 Å². The van der Waals surface area contributed by atoms with Crippen LogP contribution in [-0.2, 0) is 19.6 Å². The predicted molar refractivity (Wildman–Crippen MR) is 122 cm³/mol. The van der Waals surface area contributed by atoms with E-state index in [0.29, 0.717) is 23.2 Å². The molecule has 0 aliphatic carbocycles. The van der Waals surface area contributed by atoms with Gasteiger partial charge in [0, 0.05) is 37.0 Å². The number of likely N-dealkylation sites (tertiary alicyclic amines) is 1. The van der Waals surface area contributed by atoms with Crippen molar-refractivity contribution in [1.82, 2.24) is 34.4 Å². The average molecular weight is 466 g/mol. The molecule has 1 atom stereocenters. The lowest BCUT2D eigenvalue weighted by Gasteiger charge is -2.30. The Bertz CT molecular complexity index is 1250. The third kappa shape index (κ3) is 5.07. The van der Waals surface area contributed by atoms with Crippen molar-refractivity contribution in [3.05, 3.63) is 77.2 Å². The van der Waals surface area contributed by atoms with Crippen LogP contribution < -0.4 is 0 Å². The first-order valence-electron chi connectivity index (χ1n) is 11.0. The standard InChI is InChI=1S/C23H24FN7OS/c24-19-8-6-17(7-9-19)21-27-22(32-28-21)18-4-3-12-29(14-18)16-31-23(33)30(15-26-31)13-10-20-5-1-2-11-25-20/h1-2,5-9,11,15,18H,3-4,10,12-14,16H2.